The monoisotopic (exact) mass is 275 g/mol. The second-order valence-electron chi connectivity index (χ2n) is 5.81. The molecule has 1 saturated carbocycles. The molecule has 0 spiro atoms. The Bertz CT molecular complexity index is 488. The van der Waals surface area contributed by atoms with Crippen molar-refractivity contribution in [3.8, 4) is 0 Å². The lowest BCUT2D eigenvalue weighted by Gasteiger charge is -2.25. The Morgan fingerprint density at radius 3 is 2.45 bits per heavy atom. The van der Waals surface area contributed by atoms with Gasteiger partial charge in [-0.05, 0) is 37.5 Å². The minimum Gasteiger partial charge on any atom is -0.399 e. The summed E-state index contributed by atoms with van der Waals surface area (Å²) in [7, 11) is 0. The smallest absolute Gasteiger partial charge is 0.254 e. The lowest BCUT2D eigenvalue weighted by molar-refractivity contribution is 0.0706. The third kappa shape index (κ3) is 2.88. The van der Waals surface area contributed by atoms with E-state index < -0.39 is 0 Å². The molecule has 1 aliphatic heterocycles. The van der Waals surface area contributed by atoms with E-state index in [1.165, 1.54) is 0 Å². The Hall–Kier alpha value is -1.75. The van der Waals surface area contributed by atoms with Crippen molar-refractivity contribution >= 4 is 17.3 Å². The van der Waals surface area contributed by atoms with Crippen LogP contribution in [0.5, 0.6) is 0 Å². The van der Waals surface area contributed by atoms with Crippen LogP contribution in [0.25, 0.3) is 0 Å². The maximum absolute atomic E-state index is 12.7. The summed E-state index contributed by atoms with van der Waals surface area (Å²) in [6, 6.07) is 5.47. The summed E-state index contributed by atoms with van der Waals surface area (Å²) in [5.74, 6) is 0.497. The summed E-state index contributed by atoms with van der Waals surface area (Å²) < 4.78 is 5.40. The number of carbonyl (C=O) groups excluding carboxylic acids is 1. The normalized spacial score (nSPS) is 21.9. The fourth-order valence-corrected chi connectivity index (χ4v) is 2.76. The minimum absolute atomic E-state index is 0.0402. The summed E-state index contributed by atoms with van der Waals surface area (Å²) in [6.45, 7) is 2.34. The third-order valence-electron chi connectivity index (χ3n) is 3.95. The van der Waals surface area contributed by atoms with Crippen molar-refractivity contribution in [3.63, 3.8) is 0 Å². The molecule has 1 aromatic carbocycles. The van der Waals surface area contributed by atoms with E-state index in [2.05, 4.69) is 0 Å². The zero-order valence-corrected chi connectivity index (χ0v) is 11.5. The summed E-state index contributed by atoms with van der Waals surface area (Å²) in [4.78, 5) is 14.7. The first-order valence-electron chi connectivity index (χ1n) is 7.18. The molecule has 2 aliphatic rings. The van der Waals surface area contributed by atoms with Gasteiger partial charge >= 0.3 is 0 Å². The van der Waals surface area contributed by atoms with Crippen LogP contribution in [-0.2, 0) is 4.74 Å². The number of anilines is 2. The van der Waals surface area contributed by atoms with Crippen molar-refractivity contribution < 1.29 is 9.53 Å². The van der Waals surface area contributed by atoms with Gasteiger partial charge in [0.25, 0.3) is 5.91 Å². The molecule has 0 radical (unpaired) electrons. The van der Waals surface area contributed by atoms with Gasteiger partial charge in [0.15, 0.2) is 0 Å². The van der Waals surface area contributed by atoms with E-state index in [-0.39, 0.29) is 5.91 Å². The van der Waals surface area contributed by atoms with Gasteiger partial charge in [0.05, 0.1) is 6.61 Å². The topological polar surface area (TPSA) is 81.6 Å². The molecule has 0 aromatic heterocycles. The van der Waals surface area contributed by atoms with Gasteiger partial charge in [0.2, 0.25) is 0 Å². The predicted octanol–water partition coefficient (Wildman–Crippen LogP) is 1.49. The molecule has 1 unspecified atom stereocenters. The SMILES string of the molecule is Nc1cc(N)cc(C(=O)N(CC2CCOC2)C2CC2)c1. The van der Waals surface area contributed by atoms with E-state index in [0.29, 0.717) is 28.9 Å². The van der Waals surface area contributed by atoms with Gasteiger partial charge in [-0.2, -0.15) is 0 Å². The second-order valence-corrected chi connectivity index (χ2v) is 5.81. The minimum atomic E-state index is 0.0402. The highest BCUT2D eigenvalue weighted by Gasteiger charge is 2.35. The van der Waals surface area contributed by atoms with Gasteiger partial charge in [-0.25, -0.2) is 0 Å². The lowest BCUT2D eigenvalue weighted by Crippen LogP contribution is -2.37. The van der Waals surface area contributed by atoms with Crippen LogP contribution in [-0.4, -0.2) is 36.6 Å². The maximum Gasteiger partial charge on any atom is 0.254 e. The van der Waals surface area contributed by atoms with E-state index in [1.54, 1.807) is 18.2 Å². The standard InChI is InChI=1S/C15H21N3O2/c16-12-5-11(6-13(17)7-12)15(19)18(14-1-2-14)8-10-3-4-20-9-10/h5-7,10,14H,1-4,8-9,16-17H2. The zero-order chi connectivity index (χ0) is 14.1. The van der Waals surface area contributed by atoms with Crippen LogP contribution < -0.4 is 11.5 Å². The summed E-state index contributed by atoms with van der Waals surface area (Å²) >= 11 is 0. The zero-order valence-electron chi connectivity index (χ0n) is 11.5. The van der Waals surface area contributed by atoms with Gasteiger partial charge in [0.1, 0.15) is 0 Å². The van der Waals surface area contributed by atoms with Crippen molar-refractivity contribution in [2.45, 2.75) is 25.3 Å². The summed E-state index contributed by atoms with van der Waals surface area (Å²) in [6.07, 6.45) is 3.23. The Morgan fingerprint density at radius 1 is 1.20 bits per heavy atom. The predicted molar refractivity (Wildman–Crippen MR) is 78.3 cm³/mol. The molecular formula is C15H21N3O2. The van der Waals surface area contributed by atoms with Crippen LogP contribution in [0.15, 0.2) is 18.2 Å². The fraction of sp³-hybridized carbons (Fsp3) is 0.533. The van der Waals surface area contributed by atoms with Crippen LogP contribution in [0.3, 0.4) is 0 Å². The summed E-state index contributed by atoms with van der Waals surface area (Å²) in [5.41, 5.74) is 13.2. The highest BCUT2D eigenvalue weighted by Crippen LogP contribution is 2.31. The third-order valence-corrected chi connectivity index (χ3v) is 3.95. The number of amides is 1. The molecule has 5 heteroatoms. The van der Waals surface area contributed by atoms with Crippen LogP contribution >= 0.6 is 0 Å². The molecule has 5 nitrogen and oxygen atoms in total. The number of nitrogens with two attached hydrogens (primary N) is 2. The molecule has 1 amide bonds. The van der Waals surface area contributed by atoms with Crippen molar-refractivity contribution in [2.75, 3.05) is 31.2 Å². The molecule has 1 atom stereocenters. The van der Waals surface area contributed by atoms with Gasteiger partial charge in [-0.3, -0.25) is 4.79 Å². The van der Waals surface area contributed by atoms with Crippen molar-refractivity contribution in [2.24, 2.45) is 5.92 Å². The number of hydrogen-bond donors (Lipinski definition) is 2. The molecule has 3 rings (SSSR count). The van der Waals surface area contributed by atoms with Gasteiger partial charge in [-0.15, -0.1) is 0 Å². The first-order chi connectivity index (χ1) is 9.63. The van der Waals surface area contributed by atoms with Crippen molar-refractivity contribution in [1.29, 1.82) is 0 Å². The number of nitrogen functional groups attached to an aromatic ring is 2. The fourth-order valence-electron chi connectivity index (χ4n) is 2.76. The number of hydrogen-bond acceptors (Lipinski definition) is 4. The first kappa shape index (κ1) is 13.2. The Labute approximate surface area is 118 Å². The molecule has 1 heterocycles. The molecule has 1 aliphatic carbocycles. The average molecular weight is 275 g/mol. The number of nitrogens with zero attached hydrogens (tertiary/aromatic N) is 1. The van der Waals surface area contributed by atoms with E-state index in [1.807, 2.05) is 4.90 Å². The van der Waals surface area contributed by atoms with E-state index in [4.69, 9.17) is 16.2 Å². The Morgan fingerprint density at radius 2 is 1.90 bits per heavy atom. The highest BCUT2D eigenvalue weighted by atomic mass is 16.5. The maximum atomic E-state index is 12.7. The second kappa shape index (κ2) is 5.32. The summed E-state index contributed by atoms with van der Waals surface area (Å²) in [5, 5.41) is 0. The van der Waals surface area contributed by atoms with E-state index in [0.717, 1.165) is 39.0 Å². The van der Waals surface area contributed by atoms with Gasteiger partial charge < -0.3 is 21.1 Å². The molecule has 0 bridgehead atoms. The van der Waals surface area contributed by atoms with Crippen LogP contribution in [0, 0.1) is 5.92 Å². The molecule has 108 valence electrons. The van der Waals surface area contributed by atoms with Gasteiger partial charge in [-0.1, -0.05) is 0 Å². The molecule has 20 heavy (non-hydrogen) atoms. The quantitative estimate of drug-likeness (QED) is 0.816. The molecule has 1 aromatic rings. The first-order valence-corrected chi connectivity index (χ1v) is 7.18. The molecule has 1 saturated heterocycles. The van der Waals surface area contributed by atoms with E-state index >= 15 is 0 Å². The Kier molecular flexibility index (Phi) is 3.53. The average Bonchev–Trinajstić information content (AvgIpc) is 3.11. The van der Waals surface area contributed by atoms with Gasteiger partial charge in [0, 0.05) is 42.0 Å². The van der Waals surface area contributed by atoms with Crippen LogP contribution in [0.2, 0.25) is 0 Å². The lowest BCUT2D eigenvalue weighted by atomic mass is 10.1. The largest absolute Gasteiger partial charge is 0.399 e. The molecule has 2 fully saturated rings. The number of benzene rings is 1. The highest BCUT2D eigenvalue weighted by molar-refractivity contribution is 5.96. The molecular weight excluding hydrogens is 254 g/mol. The van der Waals surface area contributed by atoms with Crippen LogP contribution in [0.4, 0.5) is 11.4 Å². The van der Waals surface area contributed by atoms with Crippen LogP contribution in [0.1, 0.15) is 29.6 Å². The molecule has 4 N–H and O–H groups in total. The van der Waals surface area contributed by atoms with Crippen molar-refractivity contribution in [3.05, 3.63) is 23.8 Å². The number of carbonyl (C=O) groups is 1. The number of ether oxygens (including phenoxy) is 1. The number of rotatable bonds is 4. The van der Waals surface area contributed by atoms with E-state index in [9.17, 15) is 4.79 Å². The Balaban J connectivity index is 1.77. The van der Waals surface area contributed by atoms with Crippen molar-refractivity contribution in [1.82, 2.24) is 4.90 Å².